The van der Waals surface area contributed by atoms with Gasteiger partial charge >= 0.3 is 0 Å². The van der Waals surface area contributed by atoms with Crippen molar-refractivity contribution in [3.8, 4) is 6.07 Å². The van der Waals surface area contributed by atoms with Gasteiger partial charge in [-0.3, -0.25) is 0 Å². The van der Waals surface area contributed by atoms with Crippen molar-refractivity contribution < 1.29 is 5.11 Å². The lowest BCUT2D eigenvalue weighted by Crippen LogP contribution is -2.12. The zero-order valence-corrected chi connectivity index (χ0v) is 10.9. The summed E-state index contributed by atoms with van der Waals surface area (Å²) in [4.78, 5) is 0. The van der Waals surface area contributed by atoms with Gasteiger partial charge in [-0.25, -0.2) is 0 Å². The molecule has 0 heterocycles. The van der Waals surface area contributed by atoms with E-state index in [9.17, 15) is 5.11 Å². The number of nitriles is 1. The van der Waals surface area contributed by atoms with Crippen molar-refractivity contribution in [1.82, 2.24) is 0 Å². The number of aliphatic hydroxyl groups is 1. The first-order valence-corrected chi connectivity index (χ1v) is 6.25. The second-order valence-electron chi connectivity index (χ2n) is 4.11. The lowest BCUT2D eigenvalue weighted by atomic mass is 10.1. The Hall–Kier alpha value is -2.02. The summed E-state index contributed by atoms with van der Waals surface area (Å²) < 4.78 is 0. The van der Waals surface area contributed by atoms with Gasteiger partial charge in [0.25, 0.3) is 0 Å². The number of para-hydroxylation sites is 1. The molecule has 0 radical (unpaired) electrons. The predicted octanol–water partition coefficient (Wildman–Crippen LogP) is 3.36. The molecule has 2 rings (SSSR count). The molecule has 0 amide bonds. The van der Waals surface area contributed by atoms with Crippen LogP contribution in [0.1, 0.15) is 17.2 Å². The lowest BCUT2D eigenvalue weighted by molar-refractivity contribution is 0.191. The molecule has 0 aromatic heterocycles. The zero-order valence-electron chi connectivity index (χ0n) is 10.2. The molecule has 0 fully saturated rings. The third-order valence-corrected chi connectivity index (χ3v) is 3.11. The molecule has 2 aromatic carbocycles. The second-order valence-corrected chi connectivity index (χ2v) is 4.52. The van der Waals surface area contributed by atoms with E-state index in [4.69, 9.17) is 16.9 Å². The first-order valence-electron chi connectivity index (χ1n) is 5.87. The number of anilines is 1. The second kappa shape index (κ2) is 6.24. The van der Waals surface area contributed by atoms with Gasteiger partial charge in [0.05, 0.1) is 28.4 Å². The lowest BCUT2D eigenvalue weighted by Gasteiger charge is -2.14. The number of benzene rings is 2. The molecule has 0 spiro atoms. The predicted molar refractivity (Wildman–Crippen MR) is 76.1 cm³/mol. The van der Waals surface area contributed by atoms with Gasteiger partial charge in [0, 0.05) is 6.54 Å². The van der Waals surface area contributed by atoms with Gasteiger partial charge in [-0.1, -0.05) is 35.9 Å². The minimum absolute atomic E-state index is 0.357. The van der Waals surface area contributed by atoms with Crippen molar-refractivity contribution >= 4 is 17.3 Å². The standard InChI is InChI=1S/C15H13ClN2O/c16-13-3-1-2-4-14(13)18-10-15(19)12-7-5-11(9-17)6-8-12/h1-8,15,18-19H,10H2. The summed E-state index contributed by atoms with van der Waals surface area (Å²) in [5.74, 6) is 0. The van der Waals surface area contributed by atoms with Crippen LogP contribution in [-0.2, 0) is 0 Å². The molecule has 4 heteroatoms. The summed E-state index contributed by atoms with van der Waals surface area (Å²) in [5, 5.41) is 22.5. The first kappa shape index (κ1) is 13.4. The smallest absolute Gasteiger partial charge is 0.0991 e. The van der Waals surface area contributed by atoms with Crippen LogP contribution in [0, 0.1) is 11.3 Å². The number of hydrogen-bond donors (Lipinski definition) is 2. The highest BCUT2D eigenvalue weighted by Crippen LogP contribution is 2.22. The highest BCUT2D eigenvalue weighted by atomic mass is 35.5. The van der Waals surface area contributed by atoms with Crippen molar-refractivity contribution in [3.63, 3.8) is 0 Å². The van der Waals surface area contributed by atoms with Gasteiger partial charge in [0.15, 0.2) is 0 Å². The number of halogens is 1. The monoisotopic (exact) mass is 272 g/mol. The van der Waals surface area contributed by atoms with E-state index in [1.165, 1.54) is 0 Å². The van der Waals surface area contributed by atoms with Gasteiger partial charge < -0.3 is 10.4 Å². The molecule has 0 bridgehead atoms. The van der Waals surface area contributed by atoms with Crippen molar-refractivity contribution in [3.05, 3.63) is 64.7 Å². The van der Waals surface area contributed by atoms with Crippen LogP contribution in [0.4, 0.5) is 5.69 Å². The Bertz CT molecular complexity index is 590. The van der Waals surface area contributed by atoms with Crippen LogP contribution in [0.3, 0.4) is 0 Å². The van der Waals surface area contributed by atoms with Crippen molar-refractivity contribution in [1.29, 1.82) is 5.26 Å². The average Bonchev–Trinajstić information content (AvgIpc) is 2.46. The van der Waals surface area contributed by atoms with E-state index in [1.807, 2.05) is 24.3 Å². The van der Waals surface area contributed by atoms with Crippen LogP contribution in [0.5, 0.6) is 0 Å². The van der Waals surface area contributed by atoms with Crippen LogP contribution >= 0.6 is 11.6 Å². The normalized spacial score (nSPS) is 11.6. The highest BCUT2D eigenvalue weighted by Gasteiger charge is 2.08. The van der Waals surface area contributed by atoms with E-state index in [-0.39, 0.29) is 0 Å². The molecule has 2 aromatic rings. The number of aliphatic hydroxyl groups excluding tert-OH is 1. The van der Waals surface area contributed by atoms with E-state index in [0.29, 0.717) is 17.1 Å². The summed E-state index contributed by atoms with van der Waals surface area (Å²) in [6, 6.07) is 16.3. The fourth-order valence-electron chi connectivity index (χ4n) is 1.71. The van der Waals surface area contributed by atoms with Crippen molar-refractivity contribution in [2.24, 2.45) is 0 Å². The Morgan fingerprint density at radius 1 is 1.16 bits per heavy atom. The van der Waals surface area contributed by atoms with Crippen LogP contribution in [-0.4, -0.2) is 11.7 Å². The Balaban J connectivity index is 1.99. The summed E-state index contributed by atoms with van der Waals surface area (Å²) in [7, 11) is 0. The number of hydrogen-bond acceptors (Lipinski definition) is 3. The van der Waals surface area contributed by atoms with Crippen LogP contribution in [0.25, 0.3) is 0 Å². The van der Waals surface area contributed by atoms with E-state index in [2.05, 4.69) is 5.32 Å². The zero-order chi connectivity index (χ0) is 13.7. The van der Waals surface area contributed by atoms with Crippen LogP contribution < -0.4 is 5.32 Å². The minimum atomic E-state index is -0.649. The molecule has 96 valence electrons. The molecule has 0 saturated carbocycles. The fourth-order valence-corrected chi connectivity index (χ4v) is 1.91. The Morgan fingerprint density at radius 2 is 1.84 bits per heavy atom. The highest BCUT2D eigenvalue weighted by molar-refractivity contribution is 6.33. The molecular formula is C15H13ClN2O. The van der Waals surface area contributed by atoms with E-state index < -0.39 is 6.10 Å². The molecule has 1 unspecified atom stereocenters. The molecule has 0 aliphatic heterocycles. The van der Waals surface area contributed by atoms with E-state index in [0.717, 1.165) is 11.3 Å². The third kappa shape index (κ3) is 3.47. The summed E-state index contributed by atoms with van der Waals surface area (Å²) in [6.07, 6.45) is -0.649. The van der Waals surface area contributed by atoms with E-state index in [1.54, 1.807) is 30.3 Å². The Kier molecular flexibility index (Phi) is 4.40. The molecule has 1 atom stereocenters. The van der Waals surface area contributed by atoms with Gasteiger partial charge in [-0.2, -0.15) is 5.26 Å². The molecule has 2 N–H and O–H groups in total. The molecule has 19 heavy (non-hydrogen) atoms. The Labute approximate surface area is 117 Å². The molecule has 0 aliphatic carbocycles. The first-order chi connectivity index (χ1) is 9.20. The maximum atomic E-state index is 10.0. The van der Waals surface area contributed by atoms with Crippen molar-refractivity contribution in [2.75, 3.05) is 11.9 Å². The summed E-state index contributed by atoms with van der Waals surface area (Å²) in [5.41, 5.74) is 2.13. The average molecular weight is 273 g/mol. The van der Waals surface area contributed by atoms with Gasteiger partial charge in [0.1, 0.15) is 0 Å². The fraction of sp³-hybridized carbons (Fsp3) is 0.133. The number of nitrogens with one attached hydrogen (secondary N) is 1. The number of nitrogens with zero attached hydrogens (tertiary/aromatic N) is 1. The summed E-state index contributed by atoms with van der Waals surface area (Å²) in [6.45, 7) is 0.357. The molecule has 0 saturated heterocycles. The quantitative estimate of drug-likeness (QED) is 0.897. The van der Waals surface area contributed by atoms with Gasteiger partial charge in [0.2, 0.25) is 0 Å². The SMILES string of the molecule is N#Cc1ccc(C(O)CNc2ccccc2Cl)cc1. The topological polar surface area (TPSA) is 56.0 Å². The van der Waals surface area contributed by atoms with Crippen molar-refractivity contribution in [2.45, 2.75) is 6.10 Å². The Morgan fingerprint density at radius 3 is 2.47 bits per heavy atom. The summed E-state index contributed by atoms with van der Waals surface area (Å²) >= 11 is 6.01. The van der Waals surface area contributed by atoms with Crippen LogP contribution in [0.15, 0.2) is 48.5 Å². The number of rotatable bonds is 4. The maximum Gasteiger partial charge on any atom is 0.0991 e. The largest absolute Gasteiger partial charge is 0.387 e. The minimum Gasteiger partial charge on any atom is -0.387 e. The maximum absolute atomic E-state index is 10.0. The molecule has 3 nitrogen and oxygen atoms in total. The van der Waals surface area contributed by atoms with E-state index >= 15 is 0 Å². The molecular weight excluding hydrogens is 260 g/mol. The van der Waals surface area contributed by atoms with Gasteiger partial charge in [-0.15, -0.1) is 0 Å². The third-order valence-electron chi connectivity index (χ3n) is 2.78. The molecule has 0 aliphatic rings. The van der Waals surface area contributed by atoms with Gasteiger partial charge in [-0.05, 0) is 29.8 Å². The van der Waals surface area contributed by atoms with Crippen LogP contribution in [0.2, 0.25) is 5.02 Å².